The van der Waals surface area contributed by atoms with E-state index in [4.69, 9.17) is 16.7 Å². The summed E-state index contributed by atoms with van der Waals surface area (Å²) >= 11 is 5.22. The Morgan fingerprint density at radius 1 is 1.21 bits per heavy atom. The minimum Gasteiger partial charge on any atom is -0.477 e. The highest BCUT2D eigenvalue weighted by molar-refractivity contribution is 6.31. The third-order valence-corrected chi connectivity index (χ3v) is 2.15. The van der Waals surface area contributed by atoms with Crippen LogP contribution in [0.25, 0.3) is 0 Å². The van der Waals surface area contributed by atoms with Crippen molar-refractivity contribution in [2.24, 2.45) is 0 Å². The summed E-state index contributed by atoms with van der Waals surface area (Å²) in [5, 5.41) is 7.65. The number of rotatable bonds is 1. The van der Waals surface area contributed by atoms with Crippen LogP contribution in [0, 0.1) is 24.4 Å². The van der Waals surface area contributed by atoms with Gasteiger partial charge in [-0.3, -0.25) is 0 Å². The van der Waals surface area contributed by atoms with Crippen molar-refractivity contribution in [1.29, 1.82) is 0 Å². The molecule has 14 heavy (non-hydrogen) atoms. The summed E-state index contributed by atoms with van der Waals surface area (Å²) in [6, 6.07) is 0. The van der Waals surface area contributed by atoms with Crippen molar-refractivity contribution in [3.05, 3.63) is 33.6 Å². The molecule has 0 spiro atoms. The molecule has 76 valence electrons. The number of aromatic carboxylic acids is 1. The smallest absolute Gasteiger partial charge is 0.341 e. The van der Waals surface area contributed by atoms with E-state index in [1.165, 1.54) is 0 Å². The molecule has 1 aromatic rings. The van der Waals surface area contributed by atoms with Gasteiger partial charge in [0.2, 0.25) is 0 Å². The molecule has 0 saturated heterocycles. The second-order valence-corrected chi connectivity index (χ2v) is 2.94. The van der Waals surface area contributed by atoms with Gasteiger partial charge in [0.05, 0.1) is 5.02 Å². The molecule has 1 aromatic carbocycles. The minimum absolute atomic E-state index is 0.428. The van der Waals surface area contributed by atoms with E-state index in [0.29, 0.717) is 0 Å². The van der Waals surface area contributed by atoms with Gasteiger partial charge in [-0.25, -0.2) is 18.0 Å². The lowest BCUT2D eigenvalue weighted by molar-refractivity contribution is 0.0685. The summed E-state index contributed by atoms with van der Waals surface area (Å²) in [4.78, 5) is 10.4. The highest BCUT2D eigenvalue weighted by Gasteiger charge is 2.25. The molecule has 0 aliphatic carbocycles. The van der Waals surface area contributed by atoms with Gasteiger partial charge in [-0.05, 0) is 6.92 Å². The van der Waals surface area contributed by atoms with Crippen molar-refractivity contribution >= 4 is 17.6 Å². The summed E-state index contributed by atoms with van der Waals surface area (Å²) in [6.07, 6.45) is 0. The highest BCUT2D eigenvalue weighted by Crippen LogP contribution is 2.28. The van der Waals surface area contributed by atoms with Crippen molar-refractivity contribution in [3.63, 3.8) is 0 Å². The molecule has 1 rings (SSSR count). The summed E-state index contributed by atoms with van der Waals surface area (Å²) in [6.45, 7) is 1.06. The largest absolute Gasteiger partial charge is 0.477 e. The first-order valence-electron chi connectivity index (χ1n) is 3.43. The Morgan fingerprint density at radius 2 is 1.71 bits per heavy atom. The summed E-state index contributed by atoms with van der Waals surface area (Å²) in [5.74, 6) is -6.58. The molecule has 0 fully saturated rings. The van der Waals surface area contributed by atoms with E-state index in [1.807, 2.05) is 0 Å². The Morgan fingerprint density at radius 3 is 2.14 bits per heavy atom. The van der Waals surface area contributed by atoms with Crippen molar-refractivity contribution in [2.45, 2.75) is 6.92 Å². The standard InChI is InChI=1S/C8H4ClF3O2/c1-2-4(9)7(12)6(11)3(5(2)10)8(13)14/h1H3,(H,13,14). The maximum absolute atomic E-state index is 13.1. The SMILES string of the molecule is Cc1c(F)c(C(=O)O)c(F)c(F)c1Cl. The van der Waals surface area contributed by atoms with Gasteiger partial charge in [0.25, 0.3) is 0 Å². The second kappa shape index (κ2) is 3.49. The lowest BCUT2D eigenvalue weighted by Crippen LogP contribution is -2.09. The van der Waals surface area contributed by atoms with Crippen molar-refractivity contribution < 1.29 is 23.1 Å². The van der Waals surface area contributed by atoms with Crippen LogP contribution in [0.5, 0.6) is 0 Å². The molecule has 0 saturated carbocycles. The zero-order chi connectivity index (χ0) is 11.0. The molecule has 0 aromatic heterocycles. The van der Waals surface area contributed by atoms with Crippen LogP contribution in [0.15, 0.2) is 0 Å². The predicted octanol–water partition coefficient (Wildman–Crippen LogP) is 2.76. The number of halogens is 4. The van der Waals surface area contributed by atoms with Crippen LogP contribution in [0.2, 0.25) is 5.02 Å². The Kier molecular flexibility index (Phi) is 2.71. The molecule has 0 bridgehead atoms. The predicted molar refractivity (Wildman–Crippen MR) is 43.0 cm³/mol. The van der Waals surface area contributed by atoms with E-state index < -0.39 is 39.6 Å². The Bertz CT molecular complexity index is 389. The first kappa shape index (κ1) is 10.8. The van der Waals surface area contributed by atoms with Crippen LogP contribution in [-0.4, -0.2) is 11.1 Å². The zero-order valence-corrected chi connectivity index (χ0v) is 7.62. The number of carbonyl (C=O) groups is 1. The van der Waals surface area contributed by atoms with Gasteiger partial charge in [-0.1, -0.05) is 11.6 Å². The molecule has 0 aliphatic rings. The fourth-order valence-corrected chi connectivity index (χ4v) is 1.10. The van der Waals surface area contributed by atoms with Gasteiger partial charge in [-0.15, -0.1) is 0 Å². The van der Waals surface area contributed by atoms with E-state index >= 15 is 0 Å². The molecule has 0 aliphatic heterocycles. The third-order valence-electron chi connectivity index (χ3n) is 1.70. The number of benzene rings is 1. The molecular formula is C8H4ClF3O2. The van der Waals surface area contributed by atoms with Gasteiger partial charge >= 0.3 is 5.97 Å². The first-order chi connectivity index (χ1) is 6.37. The van der Waals surface area contributed by atoms with Gasteiger partial charge in [0.1, 0.15) is 11.4 Å². The summed E-state index contributed by atoms with van der Waals surface area (Å²) < 4.78 is 38.8. The molecule has 0 radical (unpaired) electrons. The molecule has 0 unspecified atom stereocenters. The average Bonchev–Trinajstić information content (AvgIpc) is 2.11. The van der Waals surface area contributed by atoms with Crippen molar-refractivity contribution in [2.75, 3.05) is 0 Å². The van der Waals surface area contributed by atoms with Gasteiger partial charge in [-0.2, -0.15) is 0 Å². The van der Waals surface area contributed by atoms with Crippen LogP contribution >= 0.6 is 11.6 Å². The lowest BCUT2D eigenvalue weighted by atomic mass is 10.1. The fourth-order valence-electron chi connectivity index (χ4n) is 0.939. The van der Waals surface area contributed by atoms with Crippen LogP contribution < -0.4 is 0 Å². The molecule has 0 heterocycles. The van der Waals surface area contributed by atoms with Crippen molar-refractivity contribution in [3.8, 4) is 0 Å². The first-order valence-corrected chi connectivity index (χ1v) is 3.81. The number of hydrogen-bond donors (Lipinski definition) is 1. The minimum atomic E-state index is -1.88. The Labute approximate surface area is 81.9 Å². The third kappa shape index (κ3) is 1.43. The Hall–Kier alpha value is -1.23. The highest BCUT2D eigenvalue weighted by atomic mass is 35.5. The number of carboxylic acids is 1. The van der Waals surface area contributed by atoms with Crippen LogP contribution in [0.3, 0.4) is 0 Å². The van der Waals surface area contributed by atoms with E-state index in [-0.39, 0.29) is 0 Å². The molecule has 2 nitrogen and oxygen atoms in total. The van der Waals surface area contributed by atoms with E-state index in [0.717, 1.165) is 6.92 Å². The average molecular weight is 225 g/mol. The fraction of sp³-hybridized carbons (Fsp3) is 0.125. The molecule has 0 atom stereocenters. The van der Waals surface area contributed by atoms with E-state index in [1.54, 1.807) is 0 Å². The maximum atomic E-state index is 13.1. The van der Waals surface area contributed by atoms with E-state index in [9.17, 15) is 18.0 Å². The lowest BCUT2D eigenvalue weighted by Gasteiger charge is -2.06. The summed E-state index contributed by atoms with van der Waals surface area (Å²) in [5.41, 5.74) is -1.76. The summed E-state index contributed by atoms with van der Waals surface area (Å²) in [7, 11) is 0. The van der Waals surface area contributed by atoms with E-state index in [2.05, 4.69) is 0 Å². The Balaban J connectivity index is 3.68. The normalized spacial score (nSPS) is 10.4. The molecule has 6 heteroatoms. The van der Waals surface area contributed by atoms with Gasteiger partial charge < -0.3 is 5.11 Å². The molecule has 1 N–H and O–H groups in total. The van der Waals surface area contributed by atoms with Crippen LogP contribution in [0.1, 0.15) is 15.9 Å². The van der Waals surface area contributed by atoms with Gasteiger partial charge in [0.15, 0.2) is 11.6 Å². The molecular weight excluding hydrogens is 221 g/mol. The zero-order valence-electron chi connectivity index (χ0n) is 6.87. The number of hydrogen-bond acceptors (Lipinski definition) is 1. The van der Waals surface area contributed by atoms with Crippen LogP contribution in [-0.2, 0) is 0 Å². The van der Waals surface area contributed by atoms with Crippen LogP contribution in [0.4, 0.5) is 13.2 Å². The topological polar surface area (TPSA) is 37.3 Å². The maximum Gasteiger partial charge on any atom is 0.341 e. The monoisotopic (exact) mass is 224 g/mol. The second-order valence-electron chi connectivity index (χ2n) is 2.56. The number of carboxylic acid groups (broad SMARTS) is 1. The quantitative estimate of drug-likeness (QED) is 0.588. The van der Waals surface area contributed by atoms with Crippen molar-refractivity contribution in [1.82, 2.24) is 0 Å². The van der Waals surface area contributed by atoms with Gasteiger partial charge in [0, 0.05) is 5.56 Å². The molecule has 0 amide bonds.